The van der Waals surface area contributed by atoms with Crippen molar-refractivity contribution in [1.82, 2.24) is 4.90 Å². The number of fused-ring (bicyclic) bond motifs is 2. The number of hydrogen-bond donors (Lipinski definition) is 0. The zero-order chi connectivity index (χ0) is 15.2. The van der Waals surface area contributed by atoms with Gasteiger partial charge >= 0.3 is 0 Å². The molecule has 1 fully saturated rings. The molecule has 2 aromatic rings. The molecular weight excluding hydrogens is 292 g/mol. The standard InChI is InChI=1S/C19H21ClN2/c1-21-12-10-19(11-13-21)14-22(17-8-4-2-6-15(17)19)18-9-5-3-7-16(18)20/h2-9H,10-14H2,1H3. The Balaban J connectivity index is 1.79. The molecule has 0 amide bonds. The van der Waals surface area contributed by atoms with Crippen molar-refractivity contribution in [2.24, 2.45) is 0 Å². The van der Waals surface area contributed by atoms with E-state index in [0.717, 1.165) is 17.3 Å². The van der Waals surface area contributed by atoms with Gasteiger partial charge in [-0.1, -0.05) is 41.9 Å². The van der Waals surface area contributed by atoms with Gasteiger partial charge in [0, 0.05) is 17.6 Å². The minimum atomic E-state index is 0.280. The van der Waals surface area contributed by atoms with Crippen LogP contribution in [0.1, 0.15) is 18.4 Å². The van der Waals surface area contributed by atoms with E-state index >= 15 is 0 Å². The monoisotopic (exact) mass is 312 g/mol. The van der Waals surface area contributed by atoms with Gasteiger partial charge in [-0.15, -0.1) is 0 Å². The van der Waals surface area contributed by atoms with Crippen LogP contribution in [-0.4, -0.2) is 31.6 Å². The molecule has 0 radical (unpaired) electrons. The summed E-state index contributed by atoms with van der Waals surface area (Å²) in [5.74, 6) is 0. The molecule has 0 aromatic heterocycles. The van der Waals surface area contributed by atoms with Crippen LogP contribution in [0.15, 0.2) is 48.5 Å². The molecule has 0 aliphatic carbocycles. The van der Waals surface area contributed by atoms with E-state index in [1.54, 1.807) is 0 Å². The lowest BCUT2D eigenvalue weighted by Crippen LogP contribution is -2.43. The van der Waals surface area contributed by atoms with Crippen molar-refractivity contribution >= 4 is 23.0 Å². The topological polar surface area (TPSA) is 6.48 Å². The predicted molar refractivity (Wildman–Crippen MR) is 93.3 cm³/mol. The molecule has 2 aliphatic heterocycles. The summed E-state index contributed by atoms with van der Waals surface area (Å²) in [4.78, 5) is 4.86. The lowest BCUT2D eigenvalue weighted by Gasteiger charge is -2.38. The van der Waals surface area contributed by atoms with Crippen molar-refractivity contribution in [3.05, 3.63) is 59.1 Å². The van der Waals surface area contributed by atoms with Crippen molar-refractivity contribution in [1.29, 1.82) is 0 Å². The summed E-state index contributed by atoms with van der Waals surface area (Å²) < 4.78 is 0. The maximum absolute atomic E-state index is 6.47. The van der Waals surface area contributed by atoms with Crippen LogP contribution in [0.2, 0.25) is 5.02 Å². The van der Waals surface area contributed by atoms with Gasteiger partial charge in [0.2, 0.25) is 0 Å². The molecule has 2 aliphatic rings. The minimum Gasteiger partial charge on any atom is -0.339 e. The fourth-order valence-corrected chi connectivity index (χ4v) is 4.23. The van der Waals surface area contributed by atoms with Crippen LogP contribution in [-0.2, 0) is 5.41 Å². The number of para-hydroxylation sites is 2. The van der Waals surface area contributed by atoms with Crippen LogP contribution >= 0.6 is 11.6 Å². The van der Waals surface area contributed by atoms with Crippen molar-refractivity contribution in [2.45, 2.75) is 18.3 Å². The summed E-state index contributed by atoms with van der Waals surface area (Å²) >= 11 is 6.47. The Kier molecular flexibility index (Phi) is 3.39. The van der Waals surface area contributed by atoms with Crippen LogP contribution in [0.4, 0.5) is 11.4 Å². The van der Waals surface area contributed by atoms with Crippen molar-refractivity contribution < 1.29 is 0 Å². The Morgan fingerprint density at radius 1 is 0.909 bits per heavy atom. The minimum absolute atomic E-state index is 0.280. The fourth-order valence-electron chi connectivity index (χ4n) is 3.99. The summed E-state index contributed by atoms with van der Waals surface area (Å²) in [6.07, 6.45) is 2.45. The first kappa shape index (κ1) is 14.1. The van der Waals surface area contributed by atoms with Gasteiger partial charge < -0.3 is 9.80 Å². The summed E-state index contributed by atoms with van der Waals surface area (Å²) in [6, 6.07) is 17.1. The zero-order valence-electron chi connectivity index (χ0n) is 12.9. The first-order valence-corrected chi connectivity index (χ1v) is 8.38. The molecule has 3 heteroatoms. The number of halogens is 1. The van der Waals surface area contributed by atoms with E-state index in [2.05, 4.69) is 53.2 Å². The molecule has 0 bridgehead atoms. The average molecular weight is 313 g/mol. The smallest absolute Gasteiger partial charge is 0.0643 e. The molecule has 0 unspecified atom stereocenters. The molecule has 2 nitrogen and oxygen atoms in total. The summed E-state index contributed by atoms with van der Waals surface area (Å²) in [5, 5.41) is 0.835. The van der Waals surface area contributed by atoms with Crippen molar-refractivity contribution in [3.8, 4) is 0 Å². The number of nitrogens with zero attached hydrogens (tertiary/aromatic N) is 2. The highest BCUT2D eigenvalue weighted by atomic mass is 35.5. The highest BCUT2D eigenvalue weighted by Gasteiger charge is 2.44. The molecule has 4 rings (SSSR count). The Morgan fingerprint density at radius 2 is 1.55 bits per heavy atom. The van der Waals surface area contributed by atoms with Crippen LogP contribution in [0.5, 0.6) is 0 Å². The molecule has 2 heterocycles. The van der Waals surface area contributed by atoms with Gasteiger partial charge in [-0.3, -0.25) is 0 Å². The molecule has 1 spiro atoms. The Hall–Kier alpha value is -1.51. The normalized spacial score (nSPS) is 20.4. The lowest BCUT2D eigenvalue weighted by atomic mass is 9.74. The molecule has 1 saturated heterocycles. The van der Waals surface area contributed by atoms with E-state index < -0.39 is 0 Å². The SMILES string of the molecule is CN1CCC2(CC1)CN(c1ccccc1Cl)c1ccccc12. The molecule has 0 saturated carbocycles. The van der Waals surface area contributed by atoms with Crippen LogP contribution < -0.4 is 4.90 Å². The van der Waals surface area contributed by atoms with E-state index in [9.17, 15) is 0 Å². The van der Waals surface area contributed by atoms with Gasteiger partial charge in [0.1, 0.15) is 0 Å². The highest BCUT2D eigenvalue weighted by molar-refractivity contribution is 6.33. The maximum Gasteiger partial charge on any atom is 0.0643 e. The Bertz CT molecular complexity index is 689. The Morgan fingerprint density at radius 3 is 2.27 bits per heavy atom. The van der Waals surface area contributed by atoms with Crippen LogP contribution in [0.25, 0.3) is 0 Å². The largest absolute Gasteiger partial charge is 0.339 e. The van der Waals surface area contributed by atoms with Gasteiger partial charge in [0.15, 0.2) is 0 Å². The summed E-state index contributed by atoms with van der Waals surface area (Å²) in [5.41, 5.74) is 4.25. The molecular formula is C19H21ClN2. The van der Waals surface area contributed by atoms with Crippen molar-refractivity contribution in [2.75, 3.05) is 31.6 Å². The maximum atomic E-state index is 6.47. The van der Waals surface area contributed by atoms with Crippen LogP contribution in [0.3, 0.4) is 0 Å². The summed E-state index contributed by atoms with van der Waals surface area (Å²) in [7, 11) is 2.22. The Labute approximate surface area is 137 Å². The molecule has 22 heavy (non-hydrogen) atoms. The first-order valence-electron chi connectivity index (χ1n) is 8.00. The highest BCUT2D eigenvalue weighted by Crippen LogP contribution is 2.50. The number of hydrogen-bond acceptors (Lipinski definition) is 2. The number of piperidine rings is 1. The van der Waals surface area contributed by atoms with E-state index in [-0.39, 0.29) is 5.41 Å². The van der Waals surface area contributed by atoms with Crippen LogP contribution in [0, 0.1) is 0 Å². The number of benzene rings is 2. The lowest BCUT2D eigenvalue weighted by molar-refractivity contribution is 0.198. The first-order chi connectivity index (χ1) is 10.7. The van der Waals surface area contributed by atoms with E-state index in [0.29, 0.717) is 0 Å². The molecule has 0 N–H and O–H groups in total. The second kappa shape index (κ2) is 5.29. The van der Waals surface area contributed by atoms with E-state index in [4.69, 9.17) is 11.6 Å². The van der Waals surface area contributed by atoms with Gasteiger partial charge in [-0.25, -0.2) is 0 Å². The zero-order valence-corrected chi connectivity index (χ0v) is 13.7. The number of rotatable bonds is 1. The quantitative estimate of drug-likeness (QED) is 0.767. The second-order valence-corrected chi connectivity index (χ2v) is 7.05. The third-order valence-electron chi connectivity index (χ3n) is 5.31. The van der Waals surface area contributed by atoms with Gasteiger partial charge in [-0.2, -0.15) is 0 Å². The third kappa shape index (κ3) is 2.13. The predicted octanol–water partition coefficient (Wildman–Crippen LogP) is 4.46. The number of likely N-dealkylation sites (tertiary alicyclic amines) is 1. The second-order valence-electron chi connectivity index (χ2n) is 6.64. The van der Waals surface area contributed by atoms with Gasteiger partial charge in [-0.05, 0) is 56.7 Å². The average Bonchev–Trinajstić information content (AvgIpc) is 2.86. The molecule has 0 atom stereocenters. The van der Waals surface area contributed by atoms with E-state index in [1.165, 1.54) is 37.2 Å². The number of anilines is 2. The van der Waals surface area contributed by atoms with Gasteiger partial charge in [0.25, 0.3) is 0 Å². The van der Waals surface area contributed by atoms with E-state index in [1.807, 2.05) is 12.1 Å². The van der Waals surface area contributed by atoms with Crippen molar-refractivity contribution in [3.63, 3.8) is 0 Å². The fraction of sp³-hybridized carbons (Fsp3) is 0.368. The molecule has 2 aromatic carbocycles. The molecule has 114 valence electrons. The van der Waals surface area contributed by atoms with Gasteiger partial charge in [0.05, 0.1) is 10.7 Å². The summed E-state index contributed by atoms with van der Waals surface area (Å²) in [6.45, 7) is 3.39. The third-order valence-corrected chi connectivity index (χ3v) is 5.63.